The molecule has 0 aliphatic rings. The summed E-state index contributed by atoms with van der Waals surface area (Å²) in [6.07, 6.45) is 15.8. The molecule has 0 bridgehead atoms. The third-order valence-corrected chi connectivity index (χ3v) is 5.53. The maximum absolute atomic E-state index is 11.5. The van der Waals surface area contributed by atoms with Gasteiger partial charge in [0, 0.05) is 13.2 Å². The second kappa shape index (κ2) is 20.9. The molecule has 0 rings (SSSR count). The van der Waals surface area contributed by atoms with E-state index in [0.29, 0.717) is 12.8 Å². The maximum atomic E-state index is 11.5. The Balaban J connectivity index is 4.18. The molecule has 2 N–H and O–H groups in total. The Bertz CT molecular complexity index is 430. The zero-order valence-corrected chi connectivity index (χ0v) is 18.7. The van der Waals surface area contributed by atoms with E-state index in [2.05, 4.69) is 0 Å². The van der Waals surface area contributed by atoms with Crippen LogP contribution in [0.3, 0.4) is 0 Å². The molecule has 0 aliphatic heterocycles. The van der Waals surface area contributed by atoms with Gasteiger partial charge in [0.15, 0.2) is 0 Å². The molecule has 0 saturated heterocycles. The molecule has 0 aromatic heterocycles. The molecular weight excluding hydrogens is 384 g/mol. The number of hydrogen-bond acceptors (Lipinski definition) is 6. The summed E-state index contributed by atoms with van der Waals surface area (Å²) in [5, 5.41) is 40.4. The lowest BCUT2D eigenvalue weighted by atomic mass is 9.96. The van der Waals surface area contributed by atoms with E-state index in [1.54, 1.807) is 0 Å². The number of aliphatic hydroxyl groups excluding tert-OH is 2. The predicted molar refractivity (Wildman–Crippen MR) is 114 cm³/mol. The molecule has 0 radical (unpaired) electrons. The Hall–Kier alpha value is -1.40. The zero-order valence-electron chi connectivity index (χ0n) is 18.7. The molecule has 6 heteroatoms. The van der Waals surface area contributed by atoms with E-state index in [0.717, 1.165) is 89.9 Å². The number of carboxylic acids is 2. The van der Waals surface area contributed by atoms with Crippen molar-refractivity contribution in [3.05, 3.63) is 11.1 Å². The number of aliphatic hydroxyl groups is 2. The molecule has 0 aromatic carbocycles. The van der Waals surface area contributed by atoms with E-state index < -0.39 is 11.9 Å². The van der Waals surface area contributed by atoms with Crippen molar-refractivity contribution in [2.75, 3.05) is 13.2 Å². The summed E-state index contributed by atoms with van der Waals surface area (Å²) in [4.78, 5) is 22.9. The van der Waals surface area contributed by atoms with Crippen LogP contribution in [0.1, 0.15) is 116 Å². The van der Waals surface area contributed by atoms with Crippen molar-refractivity contribution in [1.82, 2.24) is 0 Å². The van der Waals surface area contributed by atoms with E-state index in [-0.39, 0.29) is 37.2 Å². The van der Waals surface area contributed by atoms with Gasteiger partial charge in [-0.2, -0.15) is 0 Å². The molecule has 0 unspecified atom stereocenters. The Labute approximate surface area is 182 Å². The number of carboxylic acid groups (broad SMARTS) is 2. The van der Waals surface area contributed by atoms with Gasteiger partial charge >= 0.3 is 0 Å². The van der Waals surface area contributed by atoms with Crippen LogP contribution in [0.4, 0.5) is 0 Å². The van der Waals surface area contributed by atoms with Crippen LogP contribution >= 0.6 is 0 Å². The van der Waals surface area contributed by atoms with Gasteiger partial charge in [-0.1, -0.05) is 77.0 Å². The van der Waals surface area contributed by atoms with Crippen LogP contribution in [-0.4, -0.2) is 35.4 Å². The van der Waals surface area contributed by atoms with Crippen LogP contribution in [0.25, 0.3) is 0 Å². The van der Waals surface area contributed by atoms with Crippen molar-refractivity contribution >= 4 is 11.9 Å². The normalized spacial score (nSPS) is 12.1. The molecular formula is C24H42O6-2. The van der Waals surface area contributed by atoms with Gasteiger partial charge in [0.25, 0.3) is 0 Å². The highest BCUT2D eigenvalue weighted by atomic mass is 16.4. The number of carbonyl (C=O) groups excluding carboxylic acids is 2. The van der Waals surface area contributed by atoms with Gasteiger partial charge < -0.3 is 30.0 Å². The Morgan fingerprint density at radius 2 is 0.667 bits per heavy atom. The largest absolute Gasteiger partial charge is 0.545 e. The summed E-state index contributed by atoms with van der Waals surface area (Å²) < 4.78 is 0. The highest BCUT2D eigenvalue weighted by Gasteiger charge is 2.10. The zero-order chi connectivity index (χ0) is 22.5. The summed E-state index contributed by atoms with van der Waals surface area (Å²) in [7, 11) is 0. The van der Waals surface area contributed by atoms with E-state index >= 15 is 0 Å². The SMILES string of the molecule is O=C([O-])/C(CCCCCCCCCCO)=C(/CCCCCCCCCCO)C(=O)[O-]. The third-order valence-electron chi connectivity index (χ3n) is 5.53. The highest BCUT2D eigenvalue weighted by Crippen LogP contribution is 2.20. The molecule has 6 nitrogen and oxygen atoms in total. The van der Waals surface area contributed by atoms with Gasteiger partial charge in [-0.3, -0.25) is 0 Å². The lowest BCUT2D eigenvalue weighted by molar-refractivity contribution is -0.304. The maximum Gasteiger partial charge on any atom is 0.0678 e. The average molecular weight is 427 g/mol. The van der Waals surface area contributed by atoms with Crippen molar-refractivity contribution < 1.29 is 30.0 Å². The Morgan fingerprint density at radius 1 is 0.433 bits per heavy atom. The fourth-order valence-electron chi connectivity index (χ4n) is 3.70. The minimum atomic E-state index is -1.39. The van der Waals surface area contributed by atoms with Gasteiger partial charge in [-0.25, -0.2) is 0 Å². The summed E-state index contributed by atoms with van der Waals surface area (Å²) in [6.45, 7) is 0.481. The van der Waals surface area contributed by atoms with Crippen LogP contribution in [0.5, 0.6) is 0 Å². The van der Waals surface area contributed by atoms with Crippen molar-refractivity contribution in [3.8, 4) is 0 Å². The van der Waals surface area contributed by atoms with Gasteiger partial charge in [0.2, 0.25) is 0 Å². The van der Waals surface area contributed by atoms with Crippen LogP contribution in [0.15, 0.2) is 11.1 Å². The molecule has 0 atom stereocenters. The quantitative estimate of drug-likeness (QED) is 0.203. The van der Waals surface area contributed by atoms with Gasteiger partial charge in [-0.15, -0.1) is 0 Å². The smallest absolute Gasteiger partial charge is 0.0678 e. The highest BCUT2D eigenvalue weighted by molar-refractivity contribution is 5.97. The van der Waals surface area contributed by atoms with Crippen LogP contribution in [0.2, 0.25) is 0 Å². The van der Waals surface area contributed by atoms with E-state index in [9.17, 15) is 19.8 Å². The van der Waals surface area contributed by atoms with Crippen molar-refractivity contribution in [2.24, 2.45) is 0 Å². The standard InChI is InChI=1S/C24H44O6/c25-19-15-11-7-3-1-5-9-13-17-21(23(27)28)22(24(29)30)18-14-10-6-2-4-8-12-16-20-26/h25-26H,1-20H2,(H,27,28)(H,29,30)/p-2/b22-21-. The van der Waals surface area contributed by atoms with Crippen LogP contribution in [0, 0.1) is 0 Å². The second-order valence-corrected chi connectivity index (χ2v) is 8.14. The van der Waals surface area contributed by atoms with Crippen molar-refractivity contribution in [3.63, 3.8) is 0 Å². The topological polar surface area (TPSA) is 121 Å². The number of rotatable bonds is 22. The van der Waals surface area contributed by atoms with Crippen molar-refractivity contribution in [2.45, 2.75) is 116 Å². The summed E-state index contributed by atoms with van der Waals surface area (Å²) in [5.74, 6) is -2.77. The first kappa shape index (κ1) is 28.6. The summed E-state index contributed by atoms with van der Waals surface area (Å²) in [6, 6.07) is 0. The third kappa shape index (κ3) is 16.4. The molecule has 0 aliphatic carbocycles. The minimum absolute atomic E-state index is 0.0954. The van der Waals surface area contributed by atoms with Crippen LogP contribution in [-0.2, 0) is 9.59 Å². The van der Waals surface area contributed by atoms with Crippen molar-refractivity contribution in [1.29, 1.82) is 0 Å². The summed E-state index contributed by atoms with van der Waals surface area (Å²) in [5.41, 5.74) is -0.191. The van der Waals surface area contributed by atoms with E-state index in [4.69, 9.17) is 10.2 Å². The fourth-order valence-corrected chi connectivity index (χ4v) is 3.70. The van der Waals surface area contributed by atoms with Crippen LogP contribution < -0.4 is 10.2 Å². The molecule has 0 heterocycles. The van der Waals surface area contributed by atoms with Gasteiger partial charge in [0.05, 0.1) is 11.9 Å². The lowest BCUT2D eigenvalue weighted by Gasteiger charge is -2.17. The average Bonchev–Trinajstić information content (AvgIpc) is 2.71. The van der Waals surface area contributed by atoms with E-state index in [1.165, 1.54) is 0 Å². The number of aliphatic carboxylic acids is 2. The molecule has 0 fully saturated rings. The first-order valence-corrected chi connectivity index (χ1v) is 11.9. The monoisotopic (exact) mass is 426 g/mol. The number of hydrogen-bond donors (Lipinski definition) is 2. The summed E-state index contributed by atoms with van der Waals surface area (Å²) >= 11 is 0. The lowest BCUT2D eigenvalue weighted by Crippen LogP contribution is -2.32. The predicted octanol–water partition coefficient (Wildman–Crippen LogP) is 2.79. The van der Waals surface area contributed by atoms with Gasteiger partial charge in [0.1, 0.15) is 0 Å². The van der Waals surface area contributed by atoms with Gasteiger partial charge in [-0.05, 0) is 49.7 Å². The Morgan fingerprint density at radius 3 is 0.900 bits per heavy atom. The Kier molecular flexibility index (Phi) is 19.9. The van der Waals surface area contributed by atoms with E-state index in [1.807, 2.05) is 0 Å². The molecule has 0 spiro atoms. The molecule has 0 amide bonds. The first-order chi connectivity index (χ1) is 14.5. The number of carbonyl (C=O) groups is 2. The minimum Gasteiger partial charge on any atom is -0.545 e. The molecule has 0 aromatic rings. The molecule has 0 saturated carbocycles. The first-order valence-electron chi connectivity index (χ1n) is 11.9. The second-order valence-electron chi connectivity index (χ2n) is 8.14. The number of unbranched alkanes of at least 4 members (excludes halogenated alkanes) is 14. The molecule has 30 heavy (non-hydrogen) atoms. The fraction of sp³-hybridized carbons (Fsp3) is 0.833. The molecule has 176 valence electrons.